The third kappa shape index (κ3) is 5.95. The van der Waals surface area contributed by atoms with Crippen LogP contribution in [0.5, 0.6) is 0 Å². The molecule has 0 aliphatic carbocycles. The quantitative estimate of drug-likeness (QED) is 0.366. The van der Waals surface area contributed by atoms with Crippen LogP contribution in [0.3, 0.4) is 0 Å². The molecule has 0 spiro atoms. The predicted molar refractivity (Wildman–Crippen MR) is 138 cm³/mol. The lowest BCUT2D eigenvalue weighted by molar-refractivity contribution is -0.181. The largest absolute Gasteiger partial charge is 0.368 e. The monoisotopic (exact) mass is 546 g/mol. The van der Waals surface area contributed by atoms with Crippen molar-refractivity contribution in [2.24, 2.45) is 5.73 Å². The van der Waals surface area contributed by atoms with Crippen molar-refractivity contribution < 1.29 is 23.1 Å². The molecule has 0 aromatic heterocycles. The second-order valence-corrected chi connectivity index (χ2v) is 9.84. The summed E-state index contributed by atoms with van der Waals surface area (Å²) in [5.41, 5.74) is 7.55. The van der Waals surface area contributed by atoms with Gasteiger partial charge in [0.2, 0.25) is 5.91 Å². The Hall–Kier alpha value is -3.00. The Labute approximate surface area is 224 Å². The SMILES string of the molecule is CCC[C@H](C(N)=O)N1C(=O)[C@@H](Cc2ccc(F)cc2)O[C@H](c2ccc(Cl)c(F)c2)[C@@H]1c1ccc(Cl)cc1. The highest BCUT2D eigenvalue weighted by Crippen LogP contribution is 2.44. The molecule has 0 saturated carbocycles. The van der Waals surface area contributed by atoms with Crippen molar-refractivity contribution in [1.29, 1.82) is 0 Å². The minimum atomic E-state index is -1.03. The van der Waals surface area contributed by atoms with E-state index in [4.69, 9.17) is 33.7 Å². The number of nitrogens with zero attached hydrogens (tertiary/aromatic N) is 1. The van der Waals surface area contributed by atoms with Crippen LogP contribution >= 0.6 is 23.2 Å². The third-order valence-electron chi connectivity index (χ3n) is 6.47. The fourth-order valence-corrected chi connectivity index (χ4v) is 4.96. The van der Waals surface area contributed by atoms with E-state index in [1.807, 2.05) is 6.92 Å². The van der Waals surface area contributed by atoms with E-state index < -0.39 is 47.7 Å². The maximum absolute atomic E-state index is 14.6. The van der Waals surface area contributed by atoms with E-state index in [0.717, 1.165) is 0 Å². The predicted octanol–water partition coefficient (Wildman–Crippen LogP) is 6.18. The van der Waals surface area contributed by atoms with Gasteiger partial charge in [0.05, 0.1) is 11.1 Å². The first-order valence-corrected chi connectivity index (χ1v) is 12.7. The lowest BCUT2D eigenvalue weighted by atomic mass is 9.88. The summed E-state index contributed by atoms with van der Waals surface area (Å²) in [6.45, 7) is 1.89. The Morgan fingerprint density at radius 2 is 1.68 bits per heavy atom. The Kier molecular flexibility index (Phi) is 8.47. The number of hydrogen-bond donors (Lipinski definition) is 1. The fraction of sp³-hybridized carbons (Fsp3) is 0.286. The summed E-state index contributed by atoms with van der Waals surface area (Å²) in [5, 5.41) is 0.432. The molecule has 0 bridgehead atoms. The van der Waals surface area contributed by atoms with E-state index in [0.29, 0.717) is 34.6 Å². The number of amides is 2. The van der Waals surface area contributed by atoms with E-state index in [1.54, 1.807) is 42.5 Å². The summed E-state index contributed by atoms with van der Waals surface area (Å²) in [7, 11) is 0. The minimum absolute atomic E-state index is 0.0561. The standard InChI is InChI=1S/C28H26Cl2F2N2O3/c1-2-3-23(27(33)35)34-25(17-6-9-19(29)10-7-17)26(18-8-13-21(30)22(32)15-18)37-24(28(34)36)14-16-4-11-20(31)12-5-16/h4-13,15,23-26H,2-3,14H2,1H3,(H2,33,35)/t23-,24-,25+,26-/m1/s1. The van der Waals surface area contributed by atoms with E-state index >= 15 is 0 Å². The number of morpholine rings is 1. The maximum atomic E-state index is 14.6. The second-order valence-electron chi connectivity index (χ2n) is 9.00. The number of rotatable bonds is 8. The molecule has 1 fully saturated rings. The van der Waals surface area contributed by atoms with Gasteiger partial charge in [-0.1, -0.05) is 66.9 Å². The van der Waals surface area contributed by atoms with Gasteiger partial charge in [-0.3, -0.25) is 9.59 Å². The summed E-state index contributed by atoms with van der Waals surface area (Å²) in [6.07, 6.45) is -0.858. The number of halogens is 4. The molecule has 1 aliphatic rings. The molecule has 1 aliphatic heterocycles. The molecule has 194 valence electrons. The van der Waals surface area contributed by atoms with Crippen molar-refractivity contribution in [1.82, 2.24) is 4.90 Å². The van der Waals surface area contributed by atoms with Gasteiger partial charge < -0.3 is 15.4 Å². The fourth-order valence-electron chi connectivity index (χ4n) is 4.71. The molecular formula is C28H26Cl2F2N2O3. The van der Waals surface area contributed by atoms with Crippen LogP contribution in [0.25, 0.3) is 0 Å². The molecule has 1 heterocycles. The van der Waals surface area contributed by atoms with Crippen molar-refractivity contribution in [3.8, 4) is 0 Å². The first-order chi connectivity index (χ1) is 17.7. The summed E-state index contributed by atoms with van der Waals surface area (Å²) in [5.74, 6) is -2.14. The number of carbonyl (C=O) groups is 2. The Balaban J connectivity index is 1.87. The van der Waals surface area contributed by atoms with Crippen molar-refractivity contribution in [2.75, 3.05) is 0 Å². The lowest BCUT2D eigenvalue weighted by Crippen LogP contribution is -2.58. The molecule has 3 aromatic carbocycles. The molecule has 2 N–H and O–H groups in total. The summed E-state index contributed by atoms with van der Waals surface area (Å²) < 4.78 is 34.4. The van der Waals surface area contributed by atoms with Crippen LogP contribution in [-0.2, 0) is 20.7 Å². The molecule has 0 radical (unpaired) electrons. The Bertz CT molecular complexity index is 1270. The van der Waals surface area contributed by atoms with Gasteiger partial charge in [-0.15, -0.1) is 0 Å². The van der Waals surface area contributed by atoms with Gasteiger partial charge in [0.1, 0.15) is 29.9 Å². The summed E-state index contributed by atoms with van der Waals surface area (Å²) >= 11 is 12.1. The zero-order valence-electron chi connectivity index (χ0n) is 20.0. The molecule has 2 amide bonds. The Morgan fingerprint density at radius 3 is 2.27 bits per heavy atom. The number of ether oxygens (including phenoxy) is 1. The summed E-state index contributed by atoms with van der Waals surface area (Å²) in [6, 6.07) is 15.1. The van der Waals surface area contributed by atoms with Crippen LogP contribution in [0.2, 0.25) is 10.0 Å². The highest BCUT2D eigenvalue weighted by molar-refractivity contribution is 6.30. The van der Waals surface area contributed by atoms with Crippen LogP contribution in [0, 0.1) is 11.6 Å². The minimum Gasteiger partial charge on any atom is -0.368 e. The van der Waals surface area contributed by atoms with E-state index in [9.17, 15) is 18.4 Å². The topological polar surface area (TPSA) is 72.6 Å². The normalized spacial score (nSPS) is 20.6. The van der Waals surface area contributed by atoms with Crippen molar-refractivity contribution in [3.05, 3.63) is 105 Å². The van der Waals surface area contributed by atoms with Gasteiger partial charge >= 0.3 is 0 Å². The van der Waals surface area contributed by atoms with Crippen LogP contribution in [0.1, 0.15) is 48.6 Å². The van der Waals surface area contributed by atoms with Crippen LogP contribution in [-0.4, -0.2) is 28.9 Å². The molecule has 0 unspecified atom stereocenters. The van der Waals surface area contributed by atoms with Gasteiger partial charge in [0.15, 0.2) is 0 Å². The van der Waals surface area contributed by atoms with Gasteiger partial charge in [-0.25, -0.2) is 8.78 Å². The molecule has 3 aromatic rings. The van der Waals surface area contributed by atoms with Crippen LogP contribution < -0.4 is 5.73 Å². The van der Waals surface area contributed by atoms with E-state index in [2.05, 4.69) is 0 Å². The van der Waals surface area contributed by atoms with Crippen LogP contribution in [0.4, 0.5) is 8.78 Å². The molecular weight excluding hydrogens is 521 g/mol. The second kappa shape index (κ2) is 11.6. The maximum Gasteiger partial charge on any atom is 0.253 e. The zero-order valence-corrected chi connectivity index (χ0v) is 21.6. The summed E-state index contributed by atoms with van der Waals surface area (Å²) in [4.78, 5) is 28.1. The average Bonchev–Trinajstić information content (AvgIpc) is 2.87. The van der Waals surface area contributed by atoms with E-state index in [-0.39, 0.29) is 11.4 Å². The molecule has 5 nitrogen and oxygen atoms in total. The van der Waals surface area contributed by atoms with Crippen molar-refractivity contribution in [3.63, 3.8) is 0 Å². The molecule has 4 rings (SSSR count). The molecule has 37 heavy (non-hydrogen) atoms. The zero-order chi connectivity index (χ0) is 26.7. The van der Waals surface area contributed by atoms with Gasteiger partial charge in [0, 0.05) is 11.4 Å². The first kappa shape index (κ1) is 27.0. The van der Waals surface area contributed by atoms with Crippen LogP contribution in [0.15, 0.2) is 66.7 Å². The Morgan fingerprint density at radius 1 is 1.03 bits per heavy atom. The molecule has 1 saturated heterocycles. The smallest absolute Gasteiger partial charge is 0.253 e. The number of benzene rings is 3. The van der Waals surface area contributed by atoms with Gasteiger partial charge in [-0.05, 0) is 59.5 Å². The third-order valence-corrected chi connectivity index (χ3v) is 7.03. The van der Waals surface area contributed by atoms with Crippen molar-refractivity contribution in [2.45, 2.75) is 50.5 Å². The number of hydrogen-bond acceptors (Lipinski definition) is 3. The molecule has 4 atom stereocenters. The van der Waals surface area contributed by atoms with Gasteiger partial charge in [-0.2, -0.15) is 0 Å². The molecule has 9 heteroatoms. The highest BCUT2D eigenvalue weighted by Gasteiger charge is 2.48. The first-order valence-electron chi connectivity index (χ1n) is 11.9. The van der Waals surface area contributed by atoms with Gasteiger partial charge in [0.25, 0.3) is 5.91 Å². The lowest BCUT2D eigenvalue weighted by Gasteiger charge is -2.47. The van der Waals surface area contributed by atoms with Crippen molar-refractivity contribution >= 4 is 35.0 Å². The number of nitrogens with two attached hydrogens (primary N) is 1. The number of carbonyl (C=O) groups excluding carboxylic acids is 2. The van der Waals surface area contributed by atoms with E-state index in [1.165, 1.54) is 29.2 Å². The highest BCUT2D eigenvalue weighted by atomic mass is 35.5. The average molecular weight is 547 g/mol. The number of primary amides is 1.